The third kappa shape index (κ3) is 9.81. The highest BCUT2D eigenvalue weighted by molar-refractivity contribution is 7.90. The van der Waals surface area contributed by atoms with E-state index in [1.165, 1.54) is 12.0 Å². The second-order valence-corrected chi connectivity index (χ2v) is 12.7. The maximum atomic E-state index is 13.0. The molecule has 2 fully saturated rings. The lowest BCUT2D eigenvalue weighted by Crippen LogP contribution is -2.33. The zero-order chi connectivity index (χ0) is 29.9. The maximum Gasteiger partial charge on any atom is 0.300 e. The first-order valence-corrected chi connectivity index (χ1v) is 15.4. The number of aliphatic carboxylic acids is 2. The molecule has 220 valence electrons. The molecular formula is C32H40N2O6S. The second-order valence-electron chi connectivity index (χ2n) is 10.7. The van der Waals surface area contributed by atoms with Crippen LogP contribution >= 0.6 is 0 Å². The summed E-state index contributed by atoms with van der Waals surface area (Å²) in [7, 11) is -3.36. The quantitative estimate of drug-likeness (QED) is 0.356. The monoisotopic (exact) mass is 580 g/mol. The van der Waals surface area contributed by atoms with Gasteiger partial charge < -0.3 is 15.5 Å². The molecule has 2 aliphatic heterocycles. The van der Waals surface area contributed by atoms with Gasteiger partial charge in [0.15, 0.2) is 9.84 Å². The molecule has 3 N–H and O–H groups in total. The summed E-state index contributed by atoms with van der Waals surface area (Å²) >= 11 is 0. The molecule has 0 saturated carbocycles. The number of nitrogens with one attached hydrogen (secondary N) is 1. The van der Waals surface area contributed by atoms with E-state index in [1.807, 2.05) is 24.3 Å². The van der Waals surface area contributed by atoms with Crippen LogP contribution in [-0.2, 0) is 38.1 Å². The largest absolute Gasteiger partial charge is 0.481 e. The Morgan fingerprint density at radius 3 is 2.02 bits per heavy atom. The molecule has 2 heterocycles. The number of hydrogen-bond donors (Lipinski definition) is 3. The minimum absolute atomic E-state index is 0.0468. The van der Waals surface area contributed by atoms with Crippen molar-refractivity contribution in [1.82, 2.24) is 10.2 Å². The van der Waals surface area contributed by atoms with Gasteiger partial charge >= 0.3 is 0 Å². The molecule has 0 spiro atoms. The van der Waals surface area contributed by atoms with Crippen LogP contribution in [0.1, 0.15) is 37.0 Å². The summed E-state index contributed by atoms with van der Waals surface area (Å²) in [5, 5.41) is 18.5. The van der Waals surface area contributed by atoms with E-state index in [-0.39, 0.29) is 5.75 Å². The molecule has 5 rings (SSSR count). The zero-order valence-corrected chi connectivity index (χ0v) is 24.5. The summed E-state index contributed by atoms with van der Waals surface area (Å²) in [6.45, 7) is 7.27. The summed E-state index contributed by atoms with van der Waals surface area (Å²) in [4.78, 5) is 20.9. The van der Waals surface area contributed by atoms with Crippen molar-refractivity contribution in [3.63, 3.8) is 0 Å². The molecule has 3 aromatic carbocycles. The van der Waals surface area contributed by atoms with Crippen molar-refractivity contribution in [2.75, 3.05) is 26.2 Å². The highest BCUT2D eigenvalue weighted by atomic mass is 32.2. The number of carbonyl (C=O) groups is 2. The standard InChI is InChI=1S/C28H32N2O2S.2C2H4O2/c31-33(32,27-13-5-2-6-14-27)20-25-12-8-7-11-24(25)18-30-19-26-17-29-21-28(26,22-30)16-15-23-9-3-1-4-10-23;2*1-2(3)4/h1-14,26,29H,15-22H2;2*1H3,(H,3,4). The van der Waals surface area contributed by atoms with Crippen LogP contribution in [0.4, 0.5) is 0 Å². The third-order valence-electron chi connectivity index (χ3n) is 7.47. The number of likely N-dealkylation sites (tertiary alicyclic amines) is 1. The molecule has 0 aliphatic carbocycles. The molecule has 3 aromatic rings. The Kier molecular flexibility index (Phi) is 11.6. The average Bonchev–Trinajstić information content (AvgIpc) is 3.46. The molecule has 2 aliphatic rings. The van der Waals surface area contributed by atoms with Gasteiger partial charge in [-0.25, -0.2) is 8.42 Å². The van der Waals surface area contributed by atoms with Crippen molar-refractivity contribution in [3.8, 4) is 0 Å². The fourth-order valence-corrected chi connectivity index (χ4v) is 7.09. The molecule has 2 atom stereocenters. The smallest absolute Gasteiger partial charge is 0.300 e. The van der Waals surface area contributed by atoms with Gasteiger partial charge in [-0.15, -0.1) is 0 Å². The molecule has 2 unspecified atom stereocenters. The Balaban J connectivity index is 0.000000515. The van der Waals surface area contributed by atoms with Gasteiger partial charge in [-0.3, -0.25) is 14.5 Å². The molecule has 41 heavy (non-hydrogen) atoms. The first-order chi connectivity index (χ1) is 19.5. The third-order valence-corrected chi connectivity index (χ3v) is 9.15. The zero-order valence-electron chi connectivity index (χ0n) is 23.7. The van der Waals surface area contributed by atoms with Crippen molar-refractivity contribution in [2.45, 2.75) is 43.9 Å². The Morgan fingerprint density at radius 1 is 0.878 bits per heavy atom. The SMILES string of the molecule is CC(=O)O.CC(=O)O.O=S(=O)(Cc1ccccc1CN1CC2CNCC2(CCc2ccccc2)C1)c1ccccc1. The molecule has 0 amide bonds. The van der Waals surface area contributed by atoms with Gasteiger partial charge in [0.05, 0.1) is 10.6 Å². The van der Waals surface area contributed by atoms with E-state index < -0.39 is 21.8 Å². The number of nitrogens with zero attached hydrogens (tertiary/aromatic N) is 1. The van der Waals surface area contributed by atoms with Crippen molar-refractivity contribution < 1.29 is 28.2 Å². The van der Waals surface area contributed by atoms with Gasteiger partial charge in [0.1, 0.15) is 0 Å². The van der Waals surface area contributed by atoms with Gasteiger partial charge in [0.2, 0.25) is 0 Å². The van der Waals surface area contributed by atoms with Gasteiger partial charge in [-0.1, -0.05) is 72.8 Å². The van der Waals surface area contributed by atoms with E-state index in [1.54, 1.807) is 24.3 Å². The predicted octanol–water partition coefficient (Wildman–Crippen LogP) is 4.50. The first-order valence-electron chi connectivity index (χ1n) is 13.7. The Hall–Kier alpha value is -3.53. The number of hydrogen-bond acceptors (Lipinski definition) is 6. The van der Waals surface area contributed by atoms with E-state index in [0.29, 0.717) is 16.2 Å². The van der Waals surface area contributed by atoms with E-state index in [4.69, 9.17) is 19.8 Å². The van der Waals surface area contributed by atoms with E-state index in [0.717, 1.165) is 64.1 Å². The van der Waals surface area contributed by atoms with Crippen LogP contribution < -0.4 is 5.32 Å². The fourth-order valence-electron chi connectivity index (χ4n) is 5.66. The van der Waals surface area contributed by atoms with Crippen molar-refractivity contribution >= 4 is 21.8 Å². The fraction of sp³-hybridized carbons (Fsp3) is 0.375. The highest BCUT2D eigenvalue weighted by Crippen LogP contribution is 2.43. The number of benzene rings is 3. The average molecular weight is 581 g/mol. The van der Waals surface area contributed by atoms with Crippen LogP contribution in [0, 0.1) is 11.3 Å². The lowest BCUT2D eigenvalue weighted by atomic mass is 9.76. The molecule has 9 heteroatoms. The van der Waals surface area contributed by atoms with Gasteiger partial charge in [0, 0.05) is 45.4 Å². The topological polar surface area (TPSA) is 124 Å². The molecular weight excluding hydrogens is 540 g/mol. The highest BCUT2D eigenvalue weighted by Gasteiger charge is 2.48. The number of rotatable bonds is 8. The predicted molar refractivity (Wildman–Crippen MR) is 159 cm³/mol. The first kappa shape index (κ1) is 32.0. The Labute approximate surface area is 243 Å². The number of fused-ring (bicyclic) bond motifs is 1. The van der Waals surface area contributed by atoms with Gasteiger partial charge in [0.25, 0.3) is 11.9 Å². The molecule has 0 aromatic heterocycles. The molecule has 0 radical (unpaired) electrons. The lowest BCUT2D eigenvalue weighted by molar-refractivity contribution is -0.135. The molecule has 8 nitrogen and oxygen atoms in total. The molecule has 2 saturated heterocycles. The number of aryl methyl sites for hydroxylation is 1. The van der Waals surface area contributed by atoms with Crippen LogP contribution in [0.25, 0.3) is 0 Å². The Morgan fingerprint density at radius 2 is 1.41 bits per heavy atom. The van der Waals surface area contributed by atoms with Crippen molar-refractivity contribution in [3.05, 3.63) is 102 Å². The summed E-state index contributed by atoms with van der Waals surface area (Å²) in [6, 6.07) is 27.6. The number of carboxylic acid groups (broad SMARTS) is 2. The second kappa shape index (κ2) is 14.9. The Bertz CT molecular complexity index is 1360. The lowest BCUT2D eigenvalue weighted by Gasteiger charge is -2.28. The van der Waals surface area contributed by atoms with E-state index >= 15 is 0 Å². The summed E-state index contributed by atoms with van der Waals surface area (Å²) < 4.78 is 26.0. The summed E-state index contributed by atoms with van der Waals surface area (Å²) in [5.74, 6) is -0.966. The van der Waals surface area contributed by atoms with Crippen molar-refractivity contribution in [1.29, 1.82) is 0 Å². The van der Waals surface area contributed by atoms with Gasteiger partial charge in [-0.05, 0) is 54.1 Å². The van der Waals surface area contributed by atoms with Gasteiger partial charge in [-0.2, -0.15) is 0 Å². The van der Waals surface area contributed by atoms with E-state index in [9.17, 15) is 8.42 Å². The normalized spacial score (nSPS) is 19.7. The molecule has 0 bridgehead atoms. The number of sulfone groups is 1. The van der Waals surface area contributed by atoms with Crippen LogP contribution in [-0.4, -0.2) is 61.6 Å². The van der Waals surface area contributed by atoms with Crippen LogP contribution in [0.5, 0.6) is 0 Å². The maximum absolute atomic E-state index is 13.0. The summed E-state index contributed by atoms with van der Waals surface area (Å²) in [5.41, 5.74) is 3.76. The van der Waals surface area contributed by atoms with E-state index in [2.05, 4.69) is 46.6 Å². The van der Waals surface area contributed by atoms with Crippen LogP contribution in [0.15, 0.2) is 89.8 Å². The van der Waals surface area contributed by atoms with Crippen LogP contribution in [0.2, 0.25) is 0 Å². The van der Waals surface area contributed by atoms with Crippen molar-refractivity contribution in [2.24, 2.45) is 11.3 Å². The van der Waals surface area contributed by atoms with Crippen LogP contribution in [0.3, 0.4) is 0 Å². The minimum atomic E-state index is -3.36. The summed E-state index contributed by atoms with van der Waals surface area (Å²) in [6.07, 6.45) is 2.30. The number of carboxylic acids is 2. The minimum Gasteiger partial charge on any atom is -0.481 e.